The second-order valence-electron chi connectivity index (χ2n) is 10.5. The summed E-state index contributed by atoms with van der Waals surface area (Å²) in [7, 11) is 1.69. The number of aliphatic hydroxyl groups is 1. The topological polar surface area (TPSA) is 90.4 Å². The Bertz CT molecular complexity index is 1110. The van der Waals surface area contributed by atoms with Crippen LogP contribution in [0.25, 0.3) is 0 Å². The minimum Gasteiger partial charge on any atom is -0.396 e. The molecule has 1 aromatic rings. The molecule has 3 heterocycles. The fourth-order valence-electron chi connectivity index (χ4n) is 6.65. The standard InChI is InChI=1S/C28H36ClN3O5/c1-6-13-30(5)24(34)21-22-25(35)32(15-10-16-33)23(28(22)17-18(3)27(21,4)37-28)26(36)31(14-7-2)20-12-9-8-11-19(20)29/h6-9,11-12,18,21-23,33H,1-2,10,13-17H2,3-5H3/t18?,21-,22-,23?,27+,28?/m0/s1. The number of nitrogens with zero attached hydrogens (tertiary/aromatic N) is 3. The van der Waals surface area contributed by atoms with Crippen LogP contribution >= 0.6 is 11.6 Å². The predicted octanol–water partition coefficient (Wildman–Crippen LogP) is 2.90. The van der Waals surface area contributed by atoms with E-state index in [-0.39, 0.29) is 43.3 Å². The second kappa shape index (κ2) is 10.2. The van der Waals surface area contributed by atoms with E-state index in [1.165, 1.54) is 9.80 Å². The lowest BCUT2D eigenvalue weighted by atomic mass is 9.62. The number of para-hydroxylation sites is 1. The summed E-state index contributed by atoms with van der Waals surface area (Å²) in [5.74, 6) is -2.44. The van der Waals surface area contributed by atoms with E-state index in [4.69, 9.17) is 16.3 Å². The number of ether oxygens (including phenoxy) is 1. The molecular formula is C28H36ClN3O5. The van der Waals surface area contributed by atoms with Gasteiger partial charge in [-0.2, -0.15) is 0 Å². The molecule has 0 saturated carbocycles. The molecular weight excluding hydrogens is 494 g/mol. The lowest BCUT2D eigenvalue weighted by Crippen LogP contribution is -2.57. The van der Waals surface area contributed by atoms with Crippen LogP contribution in [-0.2, 0) is 19.1 Å². The average molecular weight is 530 g/mol. The number of aliphatic hydroxyl groups excluding tert-OH is 1. The third-order valence-corrected chi connectivity index (χ3v) is 8.69. The molecule has 1 N–H and O–H groups in total. The summed E-state index contributed by atoms with van der Waals surface area (Å²) in [4.78, 5) is 46.8. The summed E-state index contributed by atoms with van der Waals surface area (Å²) in [6, 6.07) is 6.06. The maximum atomic E-state index is 14.4. The van der Waals surface area contributed by atoms with Crippen molar-refractivity contribution in [3.8, 4) is 0 Å². The maximum Gasteiger partial charge on any atom is 0.253 e. The highest BCUT2D eigenvalue weighted by Crippen LogP contribution is 2.65. The zero-order chi connectivity index (χ0) is 27.1. The van der Waals surface area contributed by atoms with Crippen molar-refractivity contribution in [3.63, 3.8) is 0 Å². The second-order valence-corrected chi connectivity index (χ2v) is 10.9. The van der Waals surface area contributed by atoms with Crippen LogP contribution in [0.2, 0.25) is 5.02 Å². The molecule has 6 atom stereocenters. The van der Waals surface area contributed by atoms with Crippen LogP contribution in [0.1, 0.15) is 26.7 Å². The van der Waals surface area contributed by atoms with Crippen LogP contribution in [0.3, 0.4) is 0 Å². The number of likely N-dealkylation sites (N-methyl/N-ethyl adjacent to an activating group) is 1. The van der Waals surface area contributed by atoms with E-state index in [2.05, 4.69) is 13.2 Å². The van der Waals surface area contributed by atoms with E-state index in [0.717, 1.165) is 0 Å². The Balaban J connectivity index is 1.84. The van der Waals surface area contributed by atoms with Crippen molar-refractivity contribution in [2.24, 2.45) is 17.8 Å². The molecule has 4 rings (SSSR count). The summed E-state index contributed by atoms with van der Waals surface area (Å²) in [6.07, 6.45) is 4.01. The number of fused-ring (bicyclic) bond motifs is 1. The zero-order valence-electron chi connectivity index (χ0n) is 21.7. The van der Waals surface area contributed by atoms with Gasteiger partial charge in [-0.3, -0.25) is 14.4 Å². The van der Waals surface area contributed by atoms with Gasteiger partial charge in [0.1, 0.15) is 11.6 Å². The normalized spacial score (nSPS) is 31.8. The number of hydrogen-bond acceptors (Lipinski definition) is 5. The van der Waals surface area contributed by atoms with Crippen LogP contribution in [0.5, 0.6) is 0 Å². The van der Waals surface area contributed by atoms with Gasteiger partial charge in [0.25, 0.3) is 5.91 Å². The lowest BCUT2D eigenvalue weighted by molar-refractivity contribution is -0.150. The van der Waals surface area contributed by atoms with Gasteiger partial charge in [0.15, 0.2) is 0 Å². The van der Waals surface area contributed by atoms with E-state index in [0.29, 0.717) is 30.1 Å². The molecule has 0 aliphatic carbocycles. The molecule has 3 aliphatic heterocycles. The molecule has 8 nitrogen and oxygen atoms in total. The van der Waals surface area contributed by atoms with Crippen molar-refractivity contribution in [2.75, 3.05) is 38.2 Å². The first-order chi connectivity index (χ1) is 17.6. The van der Waals surface area contributed by atoms with Crippen LogP contribution in [-0.4, -0.2) is 83.2 Å². The van der Waals surface area contributed by atoms with E-state index < -0.39 is 29.1 Å². The number of rotatable bonds is 10. The van der Waals surface area contributed by atoms with E-state index >= 15 is 0 Å². The molecule has 3 saturated heterocycles. The number of anilines is 1. The molecule has 3 amide bonds. The fourth-order valence-corrected chi connectivity index (χ4v) is 6.89. The fraction of sp³-hybridized carbons (Fsp3) is 0.536. The van der Waals surface area contributed by atoms with E-state index in [9.17, 15) is 19.5 Å². The Morgan fingerprint density at radius 1 is 1.24 bits per heavy atom. The minimum atomic E-state index is -1.17. The Morgan fingerprint density at radius 2 is 1.92 bits per heavy atom. The first-order valence-electron chi connectivity index (χ1n) is 12.7. The van der Waals surface area contributed by atoms with Gasteiger partial charge in [-0.1, -0.05) is 42.8 Å². The molecule has 0 aromatic heterocycles. The molecule has 2 bridgehead atoms. The highest BCUT2D eigenvalue weighted by molar-refractivity contribution is 6.34. The predicted molar refractivity (Wildman–Crippen MR) is 142 cm³/mol. The SMILES string of the molecule is C=CCN(C)C(=O)[C@@H]1[C@H]2C(=O)N(CCCO)C(C(=O)N(CC=C)c3ccccc3Cl)C23CC(C)[C@@]1(C)O3. The van der Waals surface area contributed by atoms with Crippen LogP contribution in [0.4, 0.5) is 5.69 Å². The minimum absolute atomic E-state index is 0.0658. The van der Waals surface area contributed by atoms with Crippen LogP contribution in [0.15, 0.2) is 49.6 Å². The number of likely N-dealkylation sites (tertiary alicyclic amines) is 1. The molecule has 3 fully saturated rings. The van der Waals surface area contributed by atoms with Gasteiger partial charge in [-0.15, -0.1) is 13.2 Å². The van der Waals surface area contributed by atoms with E-state index in [1.54, 1.807) is 48.4 Å². The summed E-state index contributed by atoms with van der Waals surface area (Å²) >= 11 is 6.49. The quantitative estimate of drug-likeness (QED) is 0.471. The molecule has 37 heavy (non-hydrogen) atoms. The third kappa shape index (κ3) is 4.10. The molecule has 3 aliphatic rings. The van der Waals surface area contributed by atoms with Gasteiger partial charge in [0, 0.05) is 33.3 Å². The van der Waals surface area contributed by atoms with Gasteiger partial charge < -0.3 is 24.5 Å². The first kappa shape index (κ1) is 27.4. The van der Waals surface area contributed by atoms with Crippen molar-refractivity contribution in [1.29, 1.82) is 0 Å². The lowest BCUT2D eigenvalue weighted by Gasteiger charge is -2.38. The molecule has 1 spiro atoms. The van der Waals surface area contributed by atoms with Crippen molar-refractivity contribution in [3.05, 3.63) is 54.6 Å². The molecule has 0 radical (unpaired) electrons. The number of benzene rings is 1. The van der Waals surface area contributed by atoms with Crippen LogP contribution in [0, 0.1) is 17.8 Å². The van der Waals surface area contributed by atoms with Crippen molar-refractivity contribution in [2.45, 2.75) is 43.9 Å². The summed E-state index contributed by atoms with van der Waals surface area (Å²) in [6.45, 7) is 12.0. The first-order valence-corrected chi connectivity index (χ1v) is 13.1. The number of hydrogen-bond donors (Lipinski definition) is 1. The monoisotopic (exact) mass is 529 g/mol. The smallest absolute Gasteiger partial charge is 0.253 e. The zero-order valence-corrected chi connectivity index (χ0v) is 22.5. The van der Waals surface area contributed by atoms with Crippen molar-refractivity contribution >= 4 is 35.0 Å². The average Bonchev–Trinajstić information content (AvgIpc) is 3.37. The van der Waals surface area contributed by atoms with Crippen molar-refractivity contribution < 1.29 is 24.2 Å². The third-order valence-electron chi connectivity index (χ3n) is 8.37. The van der Waals surface area contributed by atoms with Gasteiger partial charge in [-0.25, -0.2) is 0 Å². The largest absolute Gasteiger partial charge is 0.396 e. The molecule has 1 aromatic carbocycles. The maximum absolute atomic E-state index is 14.4. The summed E-state index contributed by atoms with van der Waals surface area (Å²) in [5, 5.41) is 9.97. The summed E-state index contributed by atoms with van der Waals surface area (Å²) < 4.78 is 6.75. The Labute approximate surface area is 223 Å². The Morgan fingerprint density at radius 3 is 2.54 bits per heavy atom. The van der Waals surface area contributed by atoms with Gasteiger partial charge in [0.2, 0.25) is 11.8 Å². The number of halogens is 1. The molecule has 200 valence electrons. The van der Waals surface area contributed by atoms with Gasteiger partial charge >= 0.3 is 0 Å². The summed E-state index contributed by atoms with van der Waals surface area (Å²) in [5.41, 5.74) is -1.57. The van der Waals surface area contributed by atoms with Gasteiger partial charge in [0.05, 0.1) is 28.1 Å². The van der Waals surface area contributed by atoms with E-state index in [1.807, 2.05) is 13.8 Å². The van der Waals surface area contributed by atoms with Crippen molar-refractivity contribution in [1.82, 2.24) is 9.80 Å². The number of carbonyl (C=O) groups excluding carboxylic acids is 3. The Hall–Kier alpha value is -2.68. The molecule has 9 heteroatoms. The highest BCUT2D eigenvalue weighted by atomic mass is 35.5. The van der Waals surface area contributed by atoms with Crippen LogP contribution < -0.4 is 4.90 Å². The Kier molecular flexibility index (Phi) is 7.57. The number of carbonyl (C=O) groups is 3. The van der Waals surface area contributed by atoms with Gasteiger partial charge in [-0.05, 0) is 37.8 Å². The number of amides is 3. The highest BCUT2D eigenvalue weighted by Gasteiger charge is 2.80. The molecule has 3 unspecified atom stereocenters.